The fourth-order valence-corrected chi connectivity index (χ4v) is 3.01. The molecule has 8 heteroatoms. The molecular formula is C15H18ClF3N2O2. The first-order valence-corrected chi connectivity index (χ1v) is 7.59. The summed E-state index contributed by atoms with van der Waals surface area (Å²) < 4.78 is 44.5. The standard InChI is InChI=1S/C15H18ClF3N2O2/c1-23-14(22)12(20)7-9-6-11(16)13(21-4-2-3-5-21)8-10(9)15(17,18)19/h6,8,12H,2-5,7,20H2,1H3. The fraction of sp³-hybridized carbons (Fsp3) is 0.533. The monoisotopic (exact) mass is 350 g/mol. The van der Waals surface area contributed by atoms with Crippen LogP contribution in [0.1, 0.15) is 24.0 Å². The van der Waals surface area contributed by atoms with Gasteiger partial charge < -0.3 is 15.4 Å². The van der Waals surface area contributed by atoms with E-state index < -0.39 is 23.8 Å². The third-order valence-corrected chi connectivity index (χ3v) is 4.17. The average Bonchev–Trinajstić information content (AvgIpc) is 2.99. The normalized spacial score (nSPS) is 16.5. The summed E-state index contributed by atoms with van der Waals surface area (Å²) in [7, 11) is 1.14. The Labute approximate surface area is 137 Å². The van der Waals surface area contributed by atoms with Crippen LogP contribution in [0, 0.1) is 0 Å². The van der Waals surface area contributed by atoms with Crippen molar-refractivity contribution >= 4 is 23.3 Å². The van der Waals surface area contributed by atoms with E-state index in [0.717, 1.165) is 26.0 Å². The van der Waals surface area contributed by atoms with Crippen LogP contribution in [0.2, 0.25) is 5.02 Å². The van der Waals surface area contributed by atoms with E-state index in [1.54, 1.807) is 0 Å². The zero-order chi connectivity index (χ0) is 17.2. The minimum atomic E-state index is -4.55. The van der Waals surface area contributed by atoms with Gasteiger partial charge in [-0.2, -0.15) is 13.2 Å². The molecule has 1 aromatic carbocycles. The van der Waals surface area contributed by atoms with Gasteiger partial charge in [-0.1, -0.05) is 11.6 Å². The second kappa shape index (κ2) is 6.97. The molecule has 2 N–H and O–H groups in total. The van der Waals surface area contributed by atoms with Gasteiger partial charge in [0.15, 0.2) is 0 Å². The molecule has 1 fully saturated rings. The Morgan fingerprint density at radius 1 is 1.39 bits per heavy atom. The number of carbonyl (C=O) groups excluding carboxylic acids is 1. The Balaban J connectivity index is 2.41. The molecule has 2 rings (SSSR count). The number of methoxy groups -OCH3 is 1. The lowest BCUT2D eigenvalue weighted by Gasteiger charge is -2.23. The molecule has 23 heavy (non-hydrogen) atoms. The van der Waals surface area contributed by atoms with E-state index >= 15 is 0 Å². The quantitative estimate of drug-likeness (QED) is 0.848. The lowest BCUT2D eigenvalue weighted by Crippen LogP contribution is -2.34. The molecule has 0 aromatic heterocycles. The second-order valence-electron chi connectivity index (χ2n) is 5.49. The van der Waals surface area contributed by atoms with Crippen molar-refractivity contribution in [3.05, 3.63) is 28.3 Å². The van der Waals surface area contributed by atoms with E-state index in [2.05, 4.69) is 4.74 Å². The Morgan fingerprint density at radius 3 is 2.52 bits per heavy atom. The van der Waals surface area contributed by atoms with Gasteiger partial charge in [0.25, 0.3) is 0 Å². The van der Waals surface area contributed by atoms with Gasteiger partial charge in [0.1, 0.15) is 6.04 Å². The molecule has 0 amide bonds. The lowest BCUT2D eigenvalue weighted by molar-refractivity contribution is -0.143. The maximum Gasteiger partial charge on any atom is 0.416 e. The highest BCUT2D eigenvalue weighted by Gasteiger charge is 2.36. The topological polar surface area (TPSA) is 55.6 Å². The molecule has 4 nitrogen and oxygen atoms in total. The molecular weight excluding hydrogens is 333 g/mol. The van der Waals surface area contributed by atoms with Crippen molar-refractivity contribution in [1.82, 2.24) is 0 Å². The molecule has 1 saturated heterocycles. The molecule has 1 aromatic rings. The first-order chi connectivity index (χ1) is 10.7. The number of alkyl halides is 3. The molecule has 1 aliphatic heterocycles. The van der Waals surface area contributed by atoms with Crippen molar-refractivity contribution in [1.29, 1.82) is 0 Å². The summed E-state index contributed by atoms with van der Waals surface area (Å²) in [4.78, 5) is 13.2. The van der Waals surface area contributed by atoms with Gasteiger partial charge in [0.05, 0.1) is 23.4 Å². The zero-order valence-electron chi connectivity index (χ0n) is 12.6. The largest absolute Gasteiger partial charge is 0.468 e. The van der Waals surface area contributed by atoms with Gasteiger partial charge in [-0.25, -0.2) is 0 Å². The van der Waals surface area contributed by atoms with Crippen LogP contribution in [0.4, 0.5) is 18.9 Å². The van der Waals surface area contributed by atoms with E-state index in [9.17, 15) is 18.0 Å². The van der Waals surface area contributed by atoms with Gasteiger partial charge in [0.2, 0.25) is 0 Å². The number of nitrogens with two attached hydrogens (primary N) is 1. The minimum absolute atomic E-state index is 0.108. The smallest absolute Gasteiger partial charge is 0.416 e. The molecule has 1 aliphatic rings. The minimum Gasteiger partial charge on any atom is -0.468 e. The average molecular weight is 351 g/mol. The number of benzene rings is 1. The summed E-state index contributed by atoms with van der Waals surface area (Å²) in [6.45, 7) is 1.36. The third-order valence-electron chi connectivity index (χ3n) is 3.87. The molecule has 0 saturated carbocycles. The maximum absolute atomic E-state index is 13.4. The SMILES string of the molecule is COC(=O)C(N)Cc1cc(Cl)c(N2CCCC2)cc1C(F)(F)F. The number of hydrogen-bond donors (Lipinski definition) is 1. The summed E-state index contributed by atoms with van der Waals surface area (Å²) in [5, 5.41) is 0.229. The number of esters is 1. The molecule has 1 atom stereocenters. The van der Waals surface area contributed by atoms with Crippen LogP contribution < -0.4 is 10.6 Å². The first-order valence-electron chi connectivity index (χ1n) is 7.22. The predicted octanol–water partition coefficient (Wildman–Crippen LogP) is 3.00. The van der Waals surface area contributed by atoms with Crippen LogP contribution in [0.25, 0.3) is 0 Å². The maximum atomic E-state index is 13.4. The van der Waals surface area contributed by atoms with E-state index in [-0.39, 0.29) is 17.0 Å². The number of carbonyl (C=O) groups is 1. The molecule has 1 heterocycles. The summed E-state index contributed by atoms with van der Waals surface area (Å²) >= 11 is 6.16. The van der Waals surface area contributed by atoms with Gasteiger partial charge in [-0.3, -0.25) is 4.79 Å². The van der Waals surface area contributed by atoms with Crippen molar-refractivity contribution in [3.8, 4) is 0 Å². The first kappa shape index (κ1) is 17.9. The Hall–Kier alpha value is -1.47. The van der Waals surface area contributed by atoms with E-state index in [1.807, 2.05) is 4.90 Å². The van der Waals surface area contributed by atoms with Crippen molar-refractivity contribution in [2.75, 3.05) is 25.1 Å². The molecule has 0 spiro atoms. The summed E-state index contributed by atoms with van der Waals surface area (Å²) in [5.41, 5.74) is 5.03. The zero-order valence-corrected chi connectivity index (χ0v) is 13.4. The van der Waals surface area contributed by atoms with Crippen LogP contribution in [0.3, 0.4) is 0 Å². The number of anilines is 1. The highest BCUT2D eigenvalue weighted by molar-refractivity contribution is 6.33. The third kappa shape index (κ3) is 4.09. The fourth-order valence-electron chi connectivity index (χ4n) is 2.71. The van der Waals surface area contributed by atoms with Crippen molar-refractivity contribution in [2.24, 2.45) is 5.73 Å². The van der Waals surface area contributed by atoms with Crippen LogP contribution in [0.15, 0.2) is 12.1 Å². The van der Waals surface area contributed by atoms with Gasteiger partial charge >= 0.3 is 12.1 Å². The molecule has 0 aliphatic carbocycles. The van der Waals surface area contributed by atoms with Crippen LogP contribution in [0.5, 0.6) is 0 Å². The van der Waals surface area contributed by atoms with Crippen molar-refractivity contribution in [2.45, 2.75) is 31.5 Å². The number of rotatable bonds is 4. The van der Waals surface area contributed by atoms with E-state index in [4.69, 9.17) is 17.3 Å². The number of nitrogens with zero attached hydrogens (tertiary/aromatic N) is 1. The van der Waals surface area contributed by atoms with Crippen molar-refractivity contribution in [3.63, 3.8) is 0 Å². The highest BCUT2D eigenvalue weighted by Crippen LogP contribution is 2.39. The molecule has 1 unspecified atom stereocenters. The highest BCUT2D eigenvalue weighted by atomic mass is 35.5. The number of hydrogen-bond acceptors (Lipinski definition) is 4. The van der Waals surface area contributed by atoms with Crippen LogP contribution in [-0.4, -0.2) is 32.2 Å². The van der Waals surface area contributed by atoms with Gasteiger partial charge in [-0.05, 0) is 37.0 Å². The van der Waals surface area contributed by atoms with Crippen LogP contribution >= 0.6 is 11.6 Å². The van der Waals surface area contributed by atoms with Gasteiger partial charge in [0, 0.05) is 13.1 Å². The molecule has 128 valence electrons. The van der Waals surface area contributed by atoms with Gasteiger partial charge in [-0.15, -0.1) is 0 Å². The second-order valence-corrected chi connectivity index (χ2v) is 5.89. The van der Waals surface area contributed by atoms with Crippen LogP contribution in [-0.2, 0) is 22.1 Å². The number of ether oxygens (including phenoxy) is 1. The Morgan fingerprint density at radius 2 is 2.00 bits per heavy atom. The summed E-state index contributed by atoms with van der Waals surface area (Å²) in [6, 6.07) is 1.13. The lowest BCUT2D eigenvalue weighted by atomic mass is 9.99. The van der Waals surface area contributed by atoms with Crippen molar-refractivity contribution < 1.29 is 22.7 Å². The number of halogens is 4. The Kier molecular flexibility index (Phi) is 5.41. The summed E-state index contributed by atoms with van der Waals surface area (Å²) in [5.74, 6) is -0.766. The van der Waals surface area contributed by atoms with E-state index in [0.29, 0.717) is 18.8 Å². The predicted molar refractivity (Wildman–Crippen MR) is 81.6 cm³/mol. The molecule has 0 bridgehead atoms. The molecule has 0 radical (unpaired) electrons. The Bertz CT molecular complexity index is 587. The van der Waals surface area contributed by atoms with E-state index in [1.165, 1.54) is 6.07 Å². The summed E-state index contributed by atoms with van der Waals surface area (Å²) in [6.07, 6.45) is -2.99.